The molecule has 2 unspecified atom stereocenters. The van der Waals surface area contributed by atoms with E-state index in [1.54, 1.807) is 0 Å². The summed E-state index contributed by atoms with van der Waals surface area (Å²) in [6.07, 6.45) is 7.76. The van der Waals surface area contributed by atoms with Gasteiger partial charge in [0.2, 0.25) is 0 Å². The average Bonchev–Trinajstić information content (AvgIpc) is 2.29. The third kappa shape index (κ3) is 5.55. The molecule has 96 valence electrons. The molecule has 1 saturated carbocycles. The molecule has 0 bridgehead atoms. The van der Waals surface area contributed by atoms with Crippen LogP contribution in [0.3, 0.4) is 0 Å². The Balaban J connectivity index is 2.06. The van der Waals surface area contributed by atoms with Crippen LogP contribution in [0.15, 0.2) is 0 Å². The molecule has 0 aromatic rings. The Bertz CT molecular complexity index is 175. The first-order chi connectivity index (χ1) is 7.74. The monoisotopic (exact) mass is 245 g/mol. The topological polar surface area (TPSA) is 21.3 Å². The average molecular weight is 245 g/mol. The van der Waals surface area contributed by atoms with Crippen molar-refractivity contribution in [3.63, 3.8) is 0 Å². The number of hydrogen-bond donors (Lipinski definition) is 1. The molecule has 1 aliphatic rings. The molecule has 0 aliphatic heterocycles. The van der Waals surface area contributed by atoms with Gasteiger partial charge in [0, 0.05) is 24.4 Å². The molecule has 1 rings (SSSR count). The third-order valence-electron chi connectivity index (χ3n) is 3.11. The minimum atomic E-state index is 0.647. The van der Waals surface area contributed by atoms with E-state index in [9.17, 15) is 0 Å². The molecule has 0 amide bonds. The molecule has 0 spiro atoms. The minimum absolute atomic E-state index is 0.647. The van der Waals surface area contributed by atoms with Gasteiger partial charge in [0.05, 0.1) is 6.61 Å². The summed E-state index contributed by atoms with van der Waals surface area (Å²) >= 11 is 2.02. The maximum atomic E-state index is 5.59. The van der Waals surface area contributed by atoms with Gasteiger partial charge in [0.1, 0.15) is 0 Å². The maximum Gasteiger partial charge on any atom is 0.0591 e. The Hall–Kier alpha value is 0.270. The Morgan fingerprint density at radius 3 is 2.75 bits per heavy atom. The number of rotatable bonds is 7. The van der Waals surface area contributed by atoms with E-state index >= 15 is 0 Å². The van der Waals surface area contributed by atoms with Crippen molar-refractivity contribution in [1.29, 1.82) is 0 Å². The highest BCUT2D eigenvalue weighted by Gasteiger charge is 2.23. The molecule has 0 radical (unpaired) electrons. The molecule has 0 heterocycles. The Labute approximate surface area is 105 Å². The number of thioether (sulfide) groups is 1. The standard InChI is InChI=1S/C13H27NOS/c1-11(2)10-15-9-8-14-12-6-4-5-7-13(12)16-3/h11-14H,4-10H2,1-3H3. The van der Waals surface area contributed by atoms with Crippen LogP contribution >= 0.6 is 11.8 Å². The number of hydrogen-bond acceptors (Lipinski definition) is 3. The maximum absolute atomic E-state index is 5.59. The lowest BCUT2D eigenvalue weighted by Crippen LogP contribution is -2.41. The van der Waals surface area contributed by atoms with E-state index in [2.05, 4.69) is 25.4 Å². The normalized spacial score (nSPS) is 26.2. The predicted molar refractivity (Wildman–Crippen MR) is 73.2 cm³/mol. The van der Waals surface area contributed by atoms with Gasteiger partial charge < -0.3 is 10.1 Å². The van der Waals surface area contributed by atoms with Crippen molar-refractivity contribution in [2.45, 2.75) is 50.8 Å². The largest absolute Gasteiger partial charge is 0.380 e. The van der Waals surface area contributed by atoms with E-state index in [0.717, 1.165) is 25.0 Å². The van der Waals surface area contributed by atoms with Crippen LogP contribution in [0.2, 0.25) is 0 Å². The molecule has 1 aliphatic carbocycles. The summed E-state index contributed by atoms with van der Waals surface area (Å²) in [7, 11) is 0. The first kappa shape index (κ1) is 14.3. The van der Waals surface area contributed by atoms with Crippen LogP contribution in [0.4, 0.5) is 0 Å². The fourth-order valence-electron chi connectivity index (χ4n) is 2.25. The van der Waals surface area contributed by atoms with E-state index in [1.807, 2.05) is 11.8 Å². The van der Waals surface area contributed by atoms with Gasteiger partial charge in [-0.05, 0) is 25.0 Å². The molecule has 0 saturated heterocycles. The zero-order valence-corrected chi connectivity index (χ0v) is 11.8. The second-order valence-corrected chi connectivity index (χ2v) is 6.16. The zero-order chi connectivity index (χ0) is 11.8. The van der Waals surface area contributed by atoms with E-state index in [-0.39, 0.29) is 0 Å². The van der Waals surface area contributed by atoms with Gasteiger partial charge in [-0.3, -0.25) is 0 Å². The van der Waals surface area contributed by atoms with Crippen LogP contribution in [0.25, 0.3) is 0 Å². The summed E-state index contributed by atoms with van der Waals surface area (Å²) in [4.78, 5) is 0. The van der Waals surface area contributed by atoms with Gasteiger partial charge >= 0.3 is 0 Å². The first-order valence-corrected chi connectivity index (χ1v) is 7.86. The molecular weight excluding hydrogens is 218 g/mol. The summed E-state index contributed by atoms with van der Waals surface area (Å²) in [5.74, 6) is 0.647. The molecular formula is C13H27NOS. The summed E-state index contributed by atoms with van der Waals surface area (Å²) in [5.41, 5.74) is 0. The minimum Gasteiger partial charge on any atom is -0.380 e. The van der Waals surface area contributed by atoms with Crippen LogP contribution < -0.4 is 5.32 Å². The van der Waals surface area contributed by atoms with Crippen molar-refractivity contribution in [1.82, 2.24) is 5.32 Å². The molecule has 16 heavy (non-hydrogen) atoms. The fraction of sp³-hybridized carbons (Fsp3) is 1.00. The third-order valence-corrected chi connectivity index (χ3v) is 4.28. The molecule has 0 aromatic heterocycles. The van der Waals surface area contributed by atoms with E-state index in [1.165, 1.54) is 25.7 Å². The van der Waals surface area contributed by atoms with Crippen molar-refractivity contribution >= 4 is 11.8 Å². The first-order valence-electron chi connectivity index (χ1n) is 6.58. The Morgan fingerprint density at radius 2 is 2.06 bits per heavy atom. The lowest BCUT2D eigenvalue weighted by atomic mass is 9.95. The predicted octanol–water partition coefficient (Wildman–Crippen LogP) is 2.92. The molecule has 2 atom stereocenters. The second kappa shape index (κ2) is 8.37. The number of nitrogens with one attached hydrogen (secondary N) is 1. The second-order valence-electron chi connectivity index (χ2n) is 5.09. The zero-order valence-electron chi connectivity index (χ0n) is 11.0. The van der Waals surface area contributed by atoms with Crippen LogP contribution in [0.1, 0.15) is 39.5 Å². The quantitative estimate of drug-likeness (QED) is 0.697. The van der Waals surface area contributed by atoms with Gasteiger partial charge in [0.15, 0.2) is 0 Å². The van der Waals surface area contributed by atoms with E-state index in [0.29, 0.717) is 12.0 Å². The van der Waals surface area contributed by atoms with Crippen LogP contribution in [0.5, 0.6) is 0 Å². The van der Waals surface area contributed by atoms with Gasteiger partial charge in [-0.2, -0.15) is 11.8 Å². The van der Waals surface area contributed by atoms with Crippen LogP contribution in [-0.2, 0) is 4.74 Å². The Kier molecular flexibility index (Phi) is 7.50. The van der Waals surface area contributed by atoms with Gasteiger partial charge in [0.25, 0.3) is 0 Å². The van der Waals surface area contributed by atoms with E-state index < -0.39 is 0 Å². The number of ether oxygens (including phenoxy) is 1. The fourth-order valence-corrected chi connectivity index (χ4v) is 3.21. The Morgan fingerprint density at radius 1 is 1.31 bits per heavy atom. The summed E-state index contributed by atoms with van der Waals surface area (Å²) < 4.78 is 5.59. The summed E-state index contributed by atoms with van der Waals surface area (Å²) in [6.45, 7) is 7.14. The molecule has 2 nitrogen and oxygen atoms in total. The summed E-state index contributed by atoms with van der Waals surface area (Å²) in [5, 5.41) is 4.47. The smallest absolute Gasteiger partial charge is 0.0591 e. The highest BCUT2D eigenvalue weighted by Crippen LogP contribution is 2.26. The molecule has 1 fully saturated rings. The lowest BCUT2D eigenvalue weighted by Gasteiger charge is -2.31. The van der Waals surface area contributed by atoms with Gasteiger partial charge in [-0.15, -0.1) is 0 Å². The highest BCUT2D eigenvalue weighted by atomic mass is 32.2. The highest BCUT2D eigenvalue weighted by molar-refractivity contribution is 7.99. The van der Waals surface area contributed by atoms with Gasteiger partial charge in [-0.25, -0.2) is 0 Å². The SMILES string of the molecule is CSC1CCCCC1NCCOCC(C)C. The van der Waals surface area contributed by atoms with Crippen LogP contribution in [0, 0.1) is 5.92 Å². The van der Waals surface area contributed by atoms with Crippen LogP contribution in [-0.4, -0.2) is 37.3 Å². The molecule has 3 heteroatoms. The molecule has 1 N–H and O–H groups in total. The van der Waals surface area contributed by atoms with Crippen molar-refractivity contribution in [3.8, 4) is 0 Å². The van der Waals surface area contributed by atoms with Crippen molar-refractivity contribution < 1.29 is 4.74 Å². The molecule has 0 aromatic carbocycles. The van der Waals surface area contributed by atoms with E-state index in [4.69, 9.17) is 4.74 Å². The lowest BCUT2D eigenvalue weighted by molar-refractivity contribution is 0.109. The summed E-state index contributed by atoms with van der Waals surface area (Å²) in [6, 6.07) is 0.714. The van der Waals surface area contributed by atoms with Crippen molar-refractivity contribution in [2.75, 3.05) is 26.0 Å². The van der Waals surface area contributed by atoms with Gasteiger partial charge in [-0.1, -0.05) is 26.7 Å². The van der Waals surface area contributed by atoms with Crippen molar-refractivity contribution in [3.05, 3.63) is 0 Å². The van der Waals surface area contributed by atoms with Crippen molar-refractivity contribution in [2.24, 2.45) is 5.92 Å².